The summed E-state index contributed by atoms with van der Waals surface area (Å²) in [5.74, 6) is 2.16. The van der Waals surface area contributed by atoms with Gasteiger partial charge in [0, 0.05) is 29.4 Å². The lowest BCUT2D eigenvalue weighted by molar-refractivity contribution is 0.635. The summed E-state index contributed by atoms with van der Waals surface area (Å²) in [6.07, 6.45) is 0.941. The van der Waals surface area contributed by atoms with Crippen molar-refractivity contribution in [2.75, 3.05) is 12.4 Å². The van der Waals surface area contributed by atoms with Crippen molar-refractivity contribution in [1.82, 2.24) is 9.97 Å². The van der Waals surface area contributed by atoms with Crippen LogP contribution in [0, 0.1) is 12.8 Å². The Bertz CT molecular complexity index is 609. The lowest BCUT2D eigenvalue weighted by Crippen LogP contribution is -2.04. The van der Waals surface area contributed by atoms with Crippen molar-refractivity contribution < 1.29 is 0 Å². The molecule has 3 nitrogen and oxygen atoms in total. The van der Waals surface area contributed by atoms with Gasteiger partial charge in [-0.05, 0) is 43.0 Å². The molecule has 1 aromatic heterocycles. The number of nitrogens with one attached hydrogen (secondary N) is 1. The highest BCUT2D eigenvalue weighted by atomic mass is 35.5. The van der Waals surface area contributed by atoms with E-state index in [1.54, 1.807) is 0 Å². The van der Waals surface area contributed by atoms with Crippen LogP contribution < -0.4 is 5.32 Å². The van der Waals surface area contributed by atoms with E-state index in [-0.39, 0.29) is 0 Å². The SMILES string of the molecule is CNc1cc(CC(C)C)nc(-c2ccc(Cl)cc2C)n1. The van der Waals surface area contributed by atoms with Gasteiger partial charge in [0.05, 0.1) is 0 Å². The Morgan fingerprint density at radius 1 is 1.20 bits per heavy atom. The number of nitrogens with zero attached hydrogens (tertiary/aromatic N) is 2. The topological polar surface area (TPSA) is 37.8 Å². The number of aromatic nitrogens is 2. The summed E-state index contributed by atoms with van der Waals surface area (Å²) in [5, 5.41) is 3.84. The van der Waals surface area contributed by atoms with Gasteiger partial charge in [-0.15, -0.1) is 0 Å². The van der Waals surface area contributed by atoms with Crippen LogP contribution in [0.4, 0.5) is 5.82 Å². The van der Waals surface area contributed by atoms with Crippen LogP contribution in [0.3, 0.4) is 0 Å². The lowest BCUT2D eigenvalue weighted by Gasteiger charge is -2.11. The Labute approximate surface area is 125 Å². The fourth-order valence-corrected chi connectivity index (χ4v) is 2.37. The zero-order valence-corrected chi connectivity index (χ0v) is 13.1. The summed E-state index contributed by atoms with van der Waals surface area (Å²) < 4.78 is 0. The molecule has 0 unspecified atom stereocenters. The van der Waals surface area contributed by atoms with Crippen LogP contribution in [-0.4, -0.2) is 17.0 Å². The number of hydrogen-bond acceptors (Lipinski definition) is 3. The predicted octanol–water partition coefficient (Wildman–Crippen LogP) is 4.35. The van der Waals surface area contributed by atoms with E-state index >= 15 is 0 Å². The minimum atomic E-state index is 0.564. The van der Waals surface area contributed by atoms with Crippen LogP contribution >= 0.6 is 11.6 Å². The van der Waals surface area contributed by atoms with Gasteiger partial charge in [-0.3, -0.25) is 0 Å². The zero-order valence-electron chi connectivity index (χ0n) is 12.4. The third-order valence-corrected chi connectivity index (χ3v) is 3.32. The van der Waals surface area contributed by atoms with Crippen molar-refractivity contribution in [1.29, 1.82) is 0 Å². The molecule has 0 aliphatic heterocycles. The summed E-state index contributed by atoms with van der Waals surface area (Å²) in [7, 11) is 1.87. The highest BCUT2D eigenvalue weighted by molar-refractivity contribution is 6.30. The fourth-order valence-electron chi connectivity index (χ4n) is 2.15. The molecule has 0 saturated carbocycles. The Morgan fingerprint density at radius 2 is 1.95 bits per heavy atom. The zero-order chi connectivity index (χ0) is 14.7. The average Bonchev–Trinajstić information content (AvgIpc) is 2.37. The van der Waals surface area contributed by atoms with Gasteiger partial charge in [-0.25, -0.2) is 9.97 Å². The number of halogens is 1. The quantitative estimate of drug-likeness (QED) is 0.909. The van der Waals surface area contributed by atoms with Gasteiger partial charge in [0.1, 0.15) is 5.82 Å². The Hall–Kier alpha value is -1.61. The second-order valence-electron chi connectivity index (χ2n) is 5.38. The number of anilines is 1. The molecule has 0 atom stereocenters. The molecule has 106 valence electrons. The van der Waals surface area contributed by atoms with Crippen LogP contribution in [0.25, 0.3) is 11.4 Å². The van der Waals surface area contributed by atoms with E-state index in [0.717, 1.165) is 39.9 Å². The highest BCUT2D eigenvalue weighted by Crippen LogP contribution is 2.25. The van der Waals surface area contributed by atoms with Crippen LogP contribution in [0.5, 0.6) is 0 Å². The number of rotatable bonds is 4. The van der Waals surface area contributed by atoms with Gasteiger partial charge in [0.2, 0.25) is 0 Å². The molecule has 1 heterocycles. The number of aryl methyl sites for hydroxylation is 1. The van der Waals surface area contributed by atoms with Gasteiger partial charge in [0.15, 0.2) is 5.82 Å². The van der Waals surface area contributed by atoms with E-state index in [9.17, 15) is 0 Å². The molecule has 2 aromatic rings. The normalized spacial score (nSPS) is 10.9. The lowest BCUT2D eigenvalue weighted by atomic mass is 10.1. The molecule has 0 aliphatic rings. The van der Waals surface area contributed by atoms with E-state index in [4.69, 9.17) is 11.6 Å². The van der Waals surface area contributed by atoms with Crippen molar-refractivity contribution >= 4 is 17.4 Å². The monoisotopic (exact) mass is 289 g/mol. The Balaban J connectivity index is 2.49. The van der Waals surface area contributed by atoms with Crippen LogP contribution in [-0.2, 0) is 6.42 Å². The Morgan fingerprint density at radius 3 is 2.55 bits per heavy atom. The average molecular weight is 290 g/mol. The second kappa shape index (κ2) is 6.23. The first kappa shape index (κ1) is 14.8. The number of hydrogen-bond donors (Lipinski definition) is 1. The van der Waals surface area contributed by atoms with Gasteiger partial charge in [-0.2, -0.15) is 0 Å². The molecule has 20 heavy (non-hydrogen) atoms. The minimum absolute atomic E-state index is 0.564. The van der Waals surface area contributed by atoms with Gasteiger partial charge >= 0.3 is 0 Å². The molecule has 0 spiro atoms. The maximum Gasteiger partial charge on any atom is 0.162 e. The molecule has 2 rings (SSSR count). The van der Waals surface area contributed by atoms with E-state index in [1.807, 2.05) is 38.2 Å². The van der Waals surface area contributed by atoms with Crippen molar-refractivity contribution in [2.45, 2.75) is 27.2 Å². The molecule has 1 aromatic carbocycles. The molecule has 0 amide bonds. The molecule has 0 fully saturated rings. The first-order chi connectivity index (χ1) is 9.49. The first-order valence-electron chi connectivity index (χ1n) is 6.82. The summed E-state index contributed by atoms with van der Waals surface area (Å²) in [5.41, 5.74) is 3.17. The maximum atomic E-state index is 6.01. The molecular weight excluding hydrogens is 270 g/mol. The molecule has 0 bridgehead atoms. The van der Waals surface area contributed by atoms with Crippen LogP contribution in [0.1, 0.15) is 25.1 Å². The van der Waals surface area contributed by atoms with Crippen LogP contribution in [0.15, 0.2) is 24.3 Å². The van der Waals surface area contributed by atoms with Crippen molar-refractivity contribution in [2.24, 2.45) is 5.92 Å². The van der Waals surface area contributed by atoms with Crippen molar-refractivity contribution in [3.05, 3.63) is 40.5 Å². The molecule has 0 aliphatic carbocycles. The van der Waals surface area contributed by atoms with Gasteiger partial charge in [0.25, 0.3) is 0 Å². The summed E-state index contributed by atoms with van der Waals surface area (Å²) >= 11 is 6.01. The third-order valence-electron chi connectivity index (χ3n) is 3.08. The summed E-state index contributed by atoms with van der Waals surface area (Å²) in [4.78, 5) is 9.24. The van der Waals surface area contributed by atoms with Gasteiger partial charge in [-0.1, -0.05) is 25.4 Å². The predicted molar refractivity (Wildman–Crippen MR) is 85.3 cm³/mol. The van der Waals surface area contributed by atoms with Crippen molar-refractivity contribution in [3.63, 3.8) is 0 Å². The molecule has 0 saturated heterocycles. The molecular formula is C16H20ClN3. The van der Waals surface area contributed by atoms with E-state index in [1.165, 1.54) is 0 Å². The fraction of sp³-hybridized carbons (Fsp3) is 0.375. The standard InChI is InChI=1S/C16H20ClN3/c1-10(2)7-13-9-15(18-4)20-16(19-13)14-6-5-12(17)8-11(14)3/h5-6,8-10H,7H2,1-4H3,(H,18,19,20). The van der Waals surface area contributed by atoms with E-state index < -0.39 is 0 Å². The Kier molecular flexibility index (Phi) is 4.61. The maximum absolute atomic E-state index is 6.01. The molecule has 1 N–H and O–H groups in total. The van der Waals surface area contributed by atoms with Crippen LogP contribution in [0.2, 0.25) is 5.02 Å². The van der Waals surface area contributed by atoms with Gasteiger partial charge < -0.3 is 5.32 Å². The first-order valence-corrected chi connectivity index (χ1v) is 7.19. The molecule has 0 radical (unpaired) electrons. The molecule has 4 heteroatoms. The van der Waals surface area contributed by atoms with E-state index in [0.29, 0.717) is 5.92 Å². The summed E-state index contributed by atoms with van der Waals surface area (Å²) in [6, 6.07) is 7.80. The smallest absolute Gasteiger partial charge is 0.162 e. The third kappa shape index (κ3) is 3.48. The minimum Gasteiger partial charge on any atom is -0.373 e. The second-order valence-corrected chi connectivity index (χ2v) is 5.81. The highest BCUT2D eigenvalue weighted by Gasteiger charge is 2.10. The largest absolute Gasteiger partial charge is 0.373 e. The van der Waals surface area contributed by atoms with E-state index in [2.05, 4.69) is 29.1 Å². The van der Waals surface area contributed by atoms with Crippen molar-refractivity contribution in [3.8, 4) is 11.4 Å². The summed E-state index contributed by atoms with van der Waals surface area (Å²) in [6.45, 7) is 6.40. The number of benzene rings is 1.